The van der Waals surface area contributed by atoms with Crippen molar-refractivity contribution in [1.82, 2.24) is 10.6 Å². The fraction of sp³-hybridized carbons (Fsp3) is 1.00. The largest absolute Gasteiger partial charge is 0.320 e. The van der Waals surface area contributed by atoms with E-state index in [-0.39, 0.29) is 0 Å². The minimum atomic E-state index is 0.847. The Morgan fingerprint density at radius 1 is 1.00 bits per heavy atom. The highest BCUT2D eigenvalue weighted by Gasteiger charge is 1.98. The molecule has 0 saturated heterocycles. The van der Waals surface area contributed by atoms with Gasteiger partial charge in [0.1, 0.15) is 0 Å². The summed E-state index contributed by atoms with van der Waals surface area (Å²) in [7, 11) is 4.01. The predicted molar refractivity (Wildman–Crippen MR) is 46.3 cm³/mol. The molecule has 0 aliphatic rings. The Bertz CT molecular complexity index is 56.3. The summed E-state index contributed by atoms with van der Waals surface area (Å²) in [4.78, 5) is 0. The molecule has 0 aromatic heterocycles. The van der Waals surface area contributed by atoms with E-state index >= 15 is 0 Å². The van der Waals surface area contributed by atoms with E-state index in [9.17, 15) is 0 Å². The van der Waals surface area contributed by atoms with Crippen molar-refractivity contribution in [3.63, 3.8) is 0 Å². The Kier molecular flexibility index (Phi) is 6.98. The lowest BCUT2D eigenvalue weighted by Crippen LogP contribution is -2.15. The van der Waals surface area contributed by atoms with Gasteiger partial charge in [-0.15, -0.1) is 0 Å². The van der Waals surface area contributed by atoms with Gasteiger partial charge >= 0.3 is 0 Å². The van der Waals surface area contributed by atoms with E-state index in [1.807, 2.05) is 14.1 Å². The maximum absolute atomic E-state index is 3.15. The zero-order chi connectivity index (χ0) is 7.82. The van der Waals surface area contributed by atoms with Crippen LogP contribution in [0.1, 0.15) is 19.8 Å². The van der Waals surface area contributed by atoms with Gasteiger partial charge in [-0.25, -0.2) is 0 Å². The monoisotopic (exact) mass is 144 g/mol. The zero-order valence-electron chi connectivity index (χ0n) is 7.41. The van der Waals surface area contributed by atoms with Crippen LogP contribution >= 0.6 is 0 Å². The number of hydrogen-bond acceptors (Lipinski definition) is 2. The molecule has 0 aliphatic heterocycles. The molecule has 0 aromatic rings. The van der Waals surface area contributed by atoms with Crippen molar-refractivity contribution >= 4 is 0 Å². The second-order valence-corrected chi connectivity index (χ2v) is 2.89. The van der Waals surface area contributed by atoms with Crippen LogP contribution in [-0.2, 0) is 0 Å². The predicted octanol–water partition coefficient (Wildman–Crippen LogP) is 0.841. The molecule has 0 saturated carbocycles. The van der Waals surface area contributed by atoms with Crippen LogP contribution in [0.5, 0.6) is 0 Å². The molecule has 0 unspecified atom stereocenters. The summed E-state index contributed by atoms with van der Waals surface area (Å²) in [5.74, 6) is 0.847. The van der Waals surface area contributed by atoms with Gasteiger partial charge in [-0.2, -0.15) is 0 Å². The first-order valence-corrected chi connectivity index (χ1v) is 4.10. The van der Waals surface area contributed by atoms with Crippen LogP contribution in [0.15, 0.2) is 0 Å². The van der Waals surface area contributed by atoms with E-state index < -0.39 is 0 Å². The second kappa shape index (κ2) is 7.03. The molecule has 0 amide bonds. The Balaban J connectivity index is 3.00. The number of nitrogens with one attached hydrogen (secondary N) is 2. The quantitative estimate of drug-likeness (QED) is 0.577. The van der Waals surface area contributed by atoms with Crippen LogP contribution in [0.2, 0.25) is 0 Å². The highest BCUT2D eigenvalue weighted by Crippen LogP contribution is 2.04. The standard InChI is InChI=1S/C8H20N2/c1-8(4-6-9-2)5-7-10-3/h8-10H,4-7H2,1-3H3. The molecular weight excluding hydrogens is 124 g/mol. The molecule has 0 bridgehead atoms. The van der Waals surface area contributed by atoms with Crippen LogP contribution in [-0.4, -0.2) is 27.2 Å². The molecule has 0 fully saturated rings. The molecule has 10 heavy (non-hydrogen) atoms. The zero-order valence-corrected chi connectivity index (χ0v) is 7.41. The van der Waals surface area contributed by atoms with E-state index in [1.165, 1.54) is 12.8 Å². The summed E-state index contributed by atoms with van der Waals surface area (Å²) >= 11 is 0. The molecule has 0 spiro atoms. The lowest BCUT2D eigenvalue weighted by Gasteiger charge is -2.09. The van der Waals surface area contributed by atoms with Gasteiger partial charge in [0, 0.05) is 0 Å². The van der Waals surface area contributed by atoms with Crippen molar-refractivity contribution in [3.8, 4) is 0 Å². The summed E-state index contributed by atoms with van der Waals surface area (Å²) in [6.45, 7) is 4.59. The maximum atomic E-state index is 3.15. The first-order valence-electron chi connectivity index (χ1n) is 4.10. The molecule has 0 atom stereocenters. The topological polar surface area (TPSA) is 24.1 Å². The van der Waals surface area contributed by atoms with E-state index in [0.29, 0.717) is 0 Å². The first-order chi connectivity index (χ1) is 4.81. The first kappa shape index (κ1) is 9.92. The third-order valence-corrected chi connectivity index (χ3v) is 1.77. The molecule has 2 heteroatoms. The average Bonchev–Trinajstić information content (AvgIpc) is 1.97. The third kappa shape index (κ3) is 6.05. The maximum Gasteiger partial charge on any atom is -0.00494 e. The van der Waals surface area contributed by atoms with Gasteiger partial charge in [0.2, 0.25) is 0 Å². The van der Waals surface area contributed by atoms with Gasteiger partial charge in [-0.3, -0.25) is 0 Å². The average molecular weight is 144 g/mol. The van der Waals surface area contributed by atoms with Gasteiger partial charge in [-0.05, 0) is 45.9 Å². The fourth-order valence-electron chi connectivity index (χ4n) is 0.926. The summed E-state index contributed by atoms with van der Waals surface area (Å²) in [5, 5.41) is 6.31. The molecule has 0 aromatic carbocycles. The van der Waals surface area contributed by atoms with E-state index in [1.54, 1.807) is 0 Å². The summed E-state index contributed by atoms with van der Waals surface area (Å²) in [6, 6.07) is 0. The molecule has 0 radical (unpaired) electrons. The van der Waals surface area contributed by atoms with Gasteiger partial charge in [0.15, 0.2) is 0 Å². The molecule has 2 nitrogen and oxygen atoms in total. The molecule has 0 aliphatic carbocycles. The van der Waals surface area contributed by atoms with Crippen molar-refractivity contribution in [2.75, 3.05) is 27.2 Å². The second-order valence-electron chi connectivity index (χ2n) is 2.89. The molecule has 2 N–H and O–H groups in total. The fourth-order valence-corrected chi connectivity index (χ4v) is 0.926. The third-order valence-electron chi connectivity index (χ3n) is 1.77. The lowest BCUT2D eigenvalue weighted by molar-refractivity contribution is 0.472. The Hall–Kier alpha value is -0.0800. The van der Waals surface area contributed by atoms with E-state index in [0.717, 1.165) is 19.0 Å². The SMILES string of the molecule is CNCCC(C)CCNC. The summed E-state index contributed by atoms with van der Waals surface area (Å²) in [5.41, 5.74) is 0. The molecule has 62 valence electrons. The molecule has 0 rings (SSSR count). The Labute approximate surface area is 64.4 Å². The minimum Gasteiger partial charge on any atom is -0.320 e. The molecule has 0 heterocycles. The van der Waals surface area contributed by atoms with E-state index in [2.05, 4.69) is 17.6 Å². The number of rotatable bonds is 6. The highest BCUT2D eigenvalue weighted by atomic mass is 14.8. The van der Waals surface area contributed by atoms with Gasteiger partial charge in [-0.1, -0.05) is 6.92 Å². The van der Waals surface area contributed by atoms with Crippen LogP contribution in [0, 0.1) is 5.92 Å². The van der Waals surface area contributed by atoms with Crippen LogP contribution in [0.4, 0.5) is 0 Å². The molecular formula is C8H20N2. The van der Waals surface area contributed by atoms with Crippen molar-refractivity contribution < 1.29 is 0 Å². The summed E-state index contributed by atoms with van der Waals surface area (Å²) in [6.07, 6.45) is 2.58. The van der Waals surface area contributed by atoms with Crippen LogP contribution < -0.4 is 10.6 Å². The Morgan fingerprint density at radius 2 is 1.40 bits per heavy atom. The van der Waals surface area contributed by atoms with Crippen LogP contribution in [0.25, 0.3) is 0 Å². The van der Waals surface area contributed by atoms with Crippen LogP contribution in [0.3, 0.4) is 0 Å². The summed E-state index contributed by atoms with van der Waals surface area (Å²) < 4.78 is 0. The van der Waals surface area contributed by atoms with Crippen molar-refractivity contribution in [3.05, 3.63) is 0 Å². The van der Waals surface area contributed by atoms with Crippen molar-refractivity contribution in [1.29, 1.82) is 0 Å². The smallest absolute Gasteiger partial charge is 0.00494 e. The normalized spacial score (nSPS) is 10.8. The van der Waals surface area contributed by atoms with Crippen molar-refractivity contribution in [2.45, 2.75) is 19.8 Å². The minimum absolute atomic E-state index is 0.847. The Morgan fingerprint density at radius 3 is 1.70 bits per heavy atom. The number of hydrogen-bond donors (Lipinski definition) is 2. The highest BCUT2D eigenvalue weighted by molar-refractivity contribution is 4.55. The van der Waals surface area contributed by atoms with Gasteiger partial charge in [0.25, 0.3) is 0 Å². The lowest BCUT2D eigenvalue weighted by atomic mass is 10.0. The van der Waals surface area contributed by atoms with E-state index in [4.69, 9.17) is 0 Å². The van der Waals surface area contributed by atoms with Gasteiger partial charge in [0.05, 0.1) is 0 Å². The van der Waals surface area contributed by atoms with Crippen molar-refractivity contribution in [2.24, 2.45) is 5.92 Å². The van der Waals surface area contributed by atoms with Gasteiger partial charge < -0.3 is 10.6 Å².